The van der Waals surface area contributed by atoms with Gasteiger partial charge in [0.1, 0.15) is 12.2 Å². The average molecular weight is 683 g/mol. The Morgan fingerprint density at radius 3 is 1.81 bits per heavy atom. The van der Waals surface area contributed by atoms with Gasteiger partial charge in [-0.15, -0.1) is 0 Å². The zero-order valence-corrected chi connectivity index (χ0v) is 29.9. The third-order valence-corrected chi connectivity index (χ3v) is 7.59. The number of esters is 1. The number of aliphatic hydroxyl groups excluding tert-OH is 2. The van der Waals surface area contributed by atoms with Crippen LogP contribution in [-0.2, 0) is 27.9 Å². The zero-order valence-electron chi connectivity index (χ0n) is 29.0. The standard InChI is InChI=1S/C37H63O9P/c1-3-5-7-9-11-13-15-16-17-18-19-21-23-25-27-29-37(40)46-36(34-45-47(41,42)44-32-35(39)31-38)33-43-30-28-26-24-22-20-14-12-10-8-6-4-2/h5,7-8,10-11,13,16-17,19,21,25,27,35-36,38-39H,3-4,6,9,12,14-15,18,20,22-24,26,28-34H2,1-2H3,(H,41,42)/b7-5-,10-8-,13-11-,17-16-,21-19-,27-25-. The first kappa shape index (κ1) is 44.9. The number of allylic oxidation sites excluding steroid dienone is 11. The van der Waals surface area contributed by atoms with Crippen LogP contribution < -0.4 is 0 Å². The Labute approximate surface area is 284 Å². The molecular weight excluding hydrogens is 619 g/mol. The van der Waals surface area contributed by atoms with Crippen molar-refractivity contribution in [2.24, 2.45) is 0 Å². The van der Waals surface area contributed by atoms with Crippen LogP contribution in [0.5, 0.6) is 0 Å². The highest BCUT2D eigenvalue weighted by molar-refractivity contribution is 7.47. The van der Waals surface area contributed by atoms with Crippen LogP contribution in [0.15, 0.2) is 72.9 Å². The van der Waals surface area contributed by atoms with Crippen LogP contribution in [0.1, 0.15) is 110 Å². The van der Waals surface area contributed by atoms with Crippen LogP contribution in [0.4, 0.5) is 0 Å². The molecule has 270 valence electrons. The average Bonchev–Trinajstić information content (AvgIpc) is 3.06. The van der Waals surface area contributed by atoms with Crippen LogP contribution in [0, 0.1) is 0 Å². The number of ether oxygens (including phenoxy) is 2. The molecule has 0 saturated heterocycles. The molecule has 0 spiro atoms. The van der Waals surface area contributed by atoms with Crippen LogP contribution >= 0.6 is 7.82 Å². The van der Waals surface area contributed by atoms with Crippen molar-refractivity contribution in [1.29, 1.82) is 0 Å². The molecule has 0 aliphatic heterocycles. The molecule has 0 amide bonds. The van der Waals surface area contributed by atoms with Gasteiger partial charge in [0.15, 0.2) is 0 Å². The van der Waals surface area contributed by atoms with E-state index in [4.69, 9.17) is 19.1 Å². The summed E-state index contributed by atoms with van der Waals surface area (Å²) in [6, 6.07) is 0. The lowest BCUT2D eigenvalue weighted by molar-refractivity contribution is -0.153. The number of unbranched alkanes of at least 4 members (excludes halogenated alkanes) is 7. The summed E-state index contributed by atoms with van der Waals surface area (Å²) in [6.07, 6.45) is 37.5. The maximum absolute atomic E-state index is 12.5. The number of phosphoric ester groups is 1. The van der Waals surface area contributed by atoms with Gasteiger partial charge in [-0.1, -0.05) is 119 Å². The molecule has 0 aliphatic rings. The molecule has 0 heterocycles. The first-order chi connectivity index (χ1) is 22.8. The summed E-state index contributed by atoms with van der Waals surface area (Å²) >= 11 is 0. The van der Waals surface area contributed by atoms with Gasteiger partial charge in [-0.25, -0.2) is 4.57 Å². The largest absolute Gasteiger partial charge is 0.472 e. The van der Waals surface area contributed by atoms with Crippen molar-refractivity contribution in [2.75, 3.05) is 33.0 Å². The van der Waals surface area contributed by atoms with Crippen LogP contribution in [0.2, 0.25) is 0 Å². The molecule has 0 fully saturated rings. The molecule has 9 nitrogen and oxygen atoms in total. The fraction of sp³-hybridized carbons (Fsp3) is 0.649. The number of carbonyl (C=O) groups excluding carboxylic acids is 1. The van der Waals surface area contributed by atoms with E-state index in [9.17, 15) is 19.4 Å². The number of aliphatic hydroxyl groups is 2. The minimum atomic E-state index is -4.54. The van der Waals surface area contributed by atoms with Gasteiger partial charge in [-0.2, -0.15) is 0 Å². The van der Waals surface area contributed by atoms with E-state index >= 15 is 0 Å². The molecule has 0 aromatic rings. The topological polar surface area (TPSA) is 132 Å². The fourth-order valence-corrected chi connectivity index (χ4v) is 4.81. The normalized spacial score (nSPS) is 15.3. The van der Waals surface area contributed by atoms with Crippen molar-refractivity contribution < 1.29 is 43.0 Å². The predicted octanol–water partition coefficient (Wildman–Crippen LogP) is 8.63. The third-order valence-electron chi connectivity index (χ3n) is 6.64. The van der Waals surface area contributed by atoms with Crippen molar-refractivity contribution in [3.05, 3.63) is 72.9 Å². The summed E-state index contributed by atoms with van der Waals surface area (Å²) in [7, 11) is -4.54. The lowest BCUT2D eigenvalue weighted by Crippen LogP contribution is -2.28. The molecule has 3 unspecified atom stereocenters. The van der Waals surface area contributed by atoms with Crippen molar-refractivity contribution in [1.82, 2.24) is 0 Å². The fourth-order valence-electron chi connectivity index (χ4n) is 4.02. The van der Waals surface area contributed by atoms with Crippen LogP contribution in [0.3, 0.4) is 0 Å². The molecule has 10 heteroatoms. The Bertz CT molecular complexity index is 955. The molecule has 0 aromatic heterocycles. The van der Waals surface area contributed by atoms with Gasteiger partial charge < -0.3 is 24.6 Å². The van der Waals surface area contributed by atoms with Gasteiger partial charge >= 0.3 is 13.8 Å². The molecule has 0 radical (unpaired) electrons. The number of hydrogen-bond acceptors (Lipinski definition) is 8. The van der Waals surface area contributed by atoms with Gasteiger partial charge in [-0.05, 0) is 57.8 Å². The van der Waals surface area contributed by atoms with Gasteiger partial charge in [0, 0.05) is 6.61 Å². The molecule has 3 atom stereocenters. The SMILES string of the molecule is CC/C=C\C/C=C\C/C=C\C/C=C\C/C=C\CC(=O)OC(COCCCCCCCC/C=C\CCC)COP(=O)(O)OCC(O)CO. The monoisotopic (exact) mass is 682 g/mol. The molecule has 0 aromatic carbocycles. The summed E-state index contributed by atoms with van der Waals surface area (Å²) < 4.78 is 33.0. The molecule has 3 N–H and O–H groups in total. The Morgan fingerprint density at radius 1 is 0.681 bits per heavy atom. The second-order valence-corrected chi connectivity index (χ2v) is 12.6. The smallest absolute Gasteiger partial charge is 0.457 e. The summed E-state index contributed by atoms with van der Waals surface area (Å²) in [6.45, 7) is 3.15. The Balaban J connectivity index is 4.47. The summed E-state index contributed by atoms with van der Waals surface area (Å²) in [4.78, 5) is 22.3. The second-order valence-electron chi connectivity index (χ2n) is 11.2. The van der Waals surface area contributed by atoms with E-state index in [0.29, 0.717) is 13.0 Å². The van der Waals surface area contributed by atoms with Gasteiger partial charge in [0.05, 0.1) is 32.8 Å². The highest BCUT2D eigenvalue weighted by Gasteiger charge is 2.26. The van der Waals surface area contributed by atoms with E-state index < -0.39 is 45.8 Å². The van der Waals surface area contributed by atoms with E-state index in [1.54, 1.807) is 6.08 Å². The van der Waals surface area contributed by atoms with Gasteiger partial charge in [0.2, 0.25) is 0 Å². The molecule has 0 rings (SSSR count). The molecule has 47 heavy (non-hydrogen) atoms. The van der Waals surface area contributed by atoms with E-state index in [2.05, 4.69) is 73.1 Å². The van der Waals surface area contributed by atoms with E-state index in [1.165, 1.54) is 25.7 Å². The first-order valence-corrected chi connectivity index (χ1v) is 18.9. The maximum Gasteiger partial charge on any atom is 0.472 e. The molecular formula is C37H63O9P. The maximum atomic E-state index is 12.5. The highest BCUT2D eigenvalue weighted by atomic mass is 31.2. The Hall–Kier alpha value is -2.10. The zero-order chi connectivity index (χ0) is 34.7. The highest BCUT2D eigenvalue weighted by Crippen LogP contribution is 2.43. The van der Waals surface area contributed by atoms with Crippen LogP contribution in [-0.4, -0.2) is 66.3 Å². The summed E-state index contributed by atoms with van der Waals surface area (Å²) in [5, 5.41) is 18.2. The van der Waals surface area contributed by atoms with Crippen molar-refractivity contribution in [3.63, 3.8) is 0 Å². The quantitative estimate of drug-likeness (QED) is 0.0276. The van der Waals surface area contributed by atoms with E-state index in [0.717, 1.165) is 57.8 Å². The van der Waals surface area contributed by atoms with Gasteiger partial charge in [-0.3, -0.25) is 13.8 Å². The van der Waals surface area contributed by atoms with Crippen LogP contribution in [0.25, 0.3) is 0 Å². The summed E-state index contributed by atoms with van der Waals surface area (Å²) in [5.74, 6) is -0.516. The summed E-state index contributed by atoms with van der Waals surface area (Å²) in [5.41, 5.74) is 0. The molecule has 0 saturated carbocycles. The van der Waals surface area contributed by atoms with E-state index in [1.807, 2.05) is 12.2 Å². The minimum Gasteiger partial charge on any atom is -0.457 e. The number of phosphoric acid groups is 1. The number of carbonyl (C=O) groups is 1. The van der Waals surface area contributed by atoms with Crippen molar-refractivity contribution >= 4 is 13.8 Å². The minimum absolute atomic E-state index is 0.000760. The molecule has 0 aliphatic carbocycles. The predicted molar refractivity (Wildman–Crippen MR) is 191 cm³/mol. The lowest BCUT2D eigenvalue weighted by Gasteiger charge is -2.20. The Morgan fingerprint density at radius 2 is 1.21 bits per heavy atom. The van der Waals surface area contributed by atoms with E-state index in [-0.39, 0.29) is 13.0 Å². The second kappa shape index (κ2) is 33.8. The lowest BCUT2D eigenvalue weighted by atomic mass is 10.1. The first-order valence-electron chi connectivity index (χ1n) is 17.4. The van der Waals surface area contributed by atoms with Gasteiger partial charge in [0.25, 0.3) is 0 Å². The number of hydrogen-bond donors (Lipinski definition) is 3. The van der Waals surface area contributed by atoms with Crippen molar-refractivity contribution in [2.45, 2.75) is 122 Å². The Kier molecular flexibility index (Phi) is 32.3. The van der Waals surface area contributed by atoms with Crippen molar-refractivity contribution in [3.8, 4) is 0 Å². The molecule has 0 bridgehead atoms. The number of rotatable bonds is 32. The third kappa shape index (κ3) is 33.6.